The molecule has 0 bridgehead atoms. The Morgan fingerprint density at radius 3 is 2.20 bits per heavy atom. The van der Waals surface area contributed by atoms with Crippen LogP contribution in [0.15, 0.2) is 46.9 Å². The minimum atomic E-state index is -4.40. The molecule has 0 aromatic heterocycles. The largest absolute Gasteiger partial charge is 0.416 e. The topological polar surface area (TPSA) is 17.1 Å². The van der Waals surface area contributed by atoms with Crippen LogP contribution in [0.3, 0.4) is 0 Å². The fourth-order valence-corrected chi connectivity index (χ4v) is 2.58. The Hall–Kier alpha value is -0.890. The first-order valence-corrected chi connectivity index (χ1v) is 7.33. The lowest BCUT2D eigenvalue weighted by Gasteiger charge is -2.08. The van der Waals surface area contributed by atoms with Gasteiger partial charge in [-0.25, -0.2) is 0 Å². The number of rotatable bonds is 2. The standard InChI is InChI=1S/C14H7BrF3IO/c15-10-5-6-12(19)11(7-10)13(20)8-1-3-9(4-2-8)14(16,17)18/h1-7H. The average molecular weight is 455 g/mol. The molecular weight excluding hydrogens is 448 g/mol. The zero-order valence-corrected chi connectivity index (χ0v) is 13.6. The van der Waals surface area contributed by atoms with Crippen LogP contribution in [0.25, 0.3) is 0 Å². The monoisotopic (exact) mass is 454 g/mol. The van der Waals surface area contributed by atoms with Crippen molar-refractivity contribution in [1.29, 1.82) is 0 Å². The Labute approximate surface area is 135 Å². The van der Waals surface area contributed by atoms with E-state index in [1.807, 2.05) is 22.6 Å². The quantitative estimate of drug-likeness (QED) is 0.444. The molecule has 0 fully saturated rings. The molecule has 0 unspecified atom stereocenters. The molecule has 0 heterocycles. The van der Waals surface area contributed by atoms with Crippen LogP contribution in [0.2, 0.25) is 0 Å². The van der Waals surface area contributed by atoms with Gasteiger partial charge < -0.3 is 0 Å². The van der Waals surface area contributed by atoms with Gasteiger partial charge in [-0.05, 0) is 52.9 Å². The Kier molecular flexibility index (Phi) is 4.53. The summed E-state index contributed by atoms with van der Waals surface area (Å²) in [5, 5.41) is 0. The first-order valence-electron chi connectivity index (χ1n) is 5.46. The van der Waals surface area contributed by atoms with E-state index >= 15 is 0 Å². The highest BCUT2D eigenvalue weighted by Gasteiger charge is 2.30. The molecule has 0 spiro atoms. The van der Waals surface area contributed by atoms with E-state index < -0.39 is 11.7 Å². The van der Waals surface area contributed by atoms with Gasteiger partial charge in [0.25, 0.3) is 0 Å². The third kappa shape index (κ3) is 3.41. The van der Waals surface area contributed by atoms with E-state index in [-0.39, 0.29) is 11.3 Å². The maximum atomic E-state index is 12.5. The van der Waals surface area contributed by atoms with E-state index in [2.05, 4.69) is 15.9 Å². The smallest absolute Gasteiger partial charge is 0.289 e. The number of hydrogen-bond acceptors (Lipinski definition) is 1. The fraction of sp³-hybridized carbons (Fsp3) is 0.0714. The van der Waals surface area contributed by atoms with Gasteiger partial charge in [-0.2, -0.15) is 13.2 Å². The Balaban J connectivity index is 2.37. The minimum absolute atomic E-state index is 0.231. The van der Waals surface area contributed by atoms with Crippen LogP contribution >= 0.6 is 38.5 Å². The maximum Gasteiger partial charge on any atom is 0.416 e. The minimum Gasteiger partial charge on any atom is -0.289 e. The van der Waals surface area contributed by atoms with Crippen LogP contribution in [-0.4, -0.2) is 5.78 Å². The molecule has 0 saturated heterocycles. The van der Waals surface area contributed by atoms with Crippen molar-refractivity contribution in [3.05, 3.63) is 67.2 Å². The molecule has 0 N–H and O–H groups in total. The van der Waals surface area contributed by atoms with Gasteiger partial charge in [-0.3, -0.25) is 4.79 Å². The van der Waals surface area contributed by atoms with Crippen LogP contribution in [0.5, 0.6) is 0 Å². The summed E-state index contributed by atoms with van der Waals surface area (Å²) in [4.78, 5) is 12.3. The number of carbonyl (C=O) groups excluding carboxylic acids is 1. The second-order valence-electron chi connectivity index (χ2n) is 4.03. The molecule has 2 aromatic carbocycles. The molecule has 0 aliphatic rings. The summed E-state index contributed by atoms with van der Waals surface area (Å²) in [6.45, 7) is 0. The summed E-state index contributed by atoms with van der Waals surface area (Å²) in [6.07, 6.45) is -4.40. The molecular formula is C14H7BrF3IO. The van der Waals surface area contributed by atoms with E-state index in [4.69, 9.17) is 0 Å². The van der Waals surface area contributed by atoms with Crippen molar-refractivity contribution < 1.29 is 18.0 Å². The van der Waals surface area contributed by atoms with Crippen molar-refractivity contribution in [3.63, 3.8) is 0 Å². The predicted molar refractivity (Wildman–Crippen MR) is 81.7 cm³/mol. The Morgan fingerprint density at radius 1 is 1.05 bits per heavy atom. The van der Waals surface area contributed by atoms with E-state index in [1.165, 1.54) is 12.1 Å². The molecule has 2 aromatic rings. The highest BCUT2D eigenvalue weighted by molar-refractivity contribution is 14.1. The van der Waals surface area contributed by atoms with Crippen LogP contribution in [0.4, 0.5) is 13.2 Å². The van der Waals surface area contributed by atoms with Gasteiger partial charge in [-0.15, -0.1) is 0 Å². The van der Waals surface area contributed by atoms with E-state index in [0.717, 1.165) is 20.2 Å². The molecule has 104 valence electrons. The normalized spacial score (nSPS) is 11.4. The van der Waals surface area contributed by atoms with Gasteiger partial charge in [0, 0.05) is 19.2 Å². The number of benzene rings is 2. The van der Waals surface area contributed by atoms with Crippen molar-refractivity contribution in [2.24, 2.45) is 0 Å². The van der Waals surface area contributed by atoms with Crippen molar-refractivity contribution >= 4 is 44.3 Å². The Bertz CT molecular complexity index is 650. The summed E-state index contributed by atoms with van der Waals surface area (Å²) in [5.74, 6) is -0.301. The highest BCUT2D eigenvalue weighted by Crippen LogP contribution is 2.29. The lowest BCUT2D eigenvalue weighted by atomic mass is 10.0. The Morgan fingerprint density at radius 2 is 1.65 bits per heavy atom. The molecule has 0 aliphatic carbocycles. The van der Waals surface area contributed by atoms with Gasteiger partial charge in [0.05, 0.1) is 5.56 Å². The number of hydrogen-bond donors (Lipinski definition) is 0. The third-order valence-electron chi connectivity index (χ3n) is 2.65. The van der Waals surface area contributed by atoms with Gasteiger partial charge in [0.15, 0.2) is 5.78 Å². The average Bonchev–Trinajstić information content (AvgIpc) is 2.40. The fourth-order valence-electron chi connectivity index (χ4n) is 1.64. The van der Waals surface area contributed by atoms with Crippen LogP contribution in [0, 0.1) is 3.57 Å². The molecule has 0 radical (unpaired) electrons. The van der Waals surface area contributed by atoms with Crippen molar-refractivity contribution in [3.8, 4) is 0 Å². The lowest BCUT2D eigenvalue weighted by Crippen LogP contribution is -2.07. The second-order valence-corrected chi connectivity index (χ2v) is 6.11. The number of alkyl halides is 3. The third-order valence-corrected chi connectivity index (χ3v) is 4.08. The van der Waals surface area contributed by atoms with Gasteiger partial charge >= 0.3 is 6.18 Å². The van der Waals surface area contributed by atoms with Crippen molar-refractivity contribution in [2.45, 2.75) is 6.18 Å². The number of carbonyl (C=O) groups is 1. The van der Waals surface area contributed by atoms with Crippen LogP contribution in [-0.2, 0) is 6.18 Å². The summed E-state index contributed by atoms with van der Waals surface area (Å²) < 4.78 is 38.9. The summed E-state index contributed by atoms with van der Waals surface area (Å²) in [5.41, 5.74) is -0.0771. The summed E-state index contributed by atoms with van der Waals surface area (Å²) >= 11 is 5.29. The zero-order valence-electron chi connectivity index (χ0n) is 9.84. The maximum absolute atomic E-state index is 12.5. The van der Waals surface area contributed by atoms with E-state index in [9.17, 15) is 18.0 Å². The first kappa shape index (κ1) is 15.5. The molecule has 1 nitrogen and oxygen atoms in total. The molecule has 0 saturated carbocycles. The molecule has 6 heteroatoms. The van der Waals surface area contributed by atoms with Crippen molar-refractivity contribution in [2.75, 3.05) is 0 Å². The highest BCUT2D eigenvalue weighted by atomic mass is 127. The number of halogens is 5. The van der Waals surface area contributed by atoms with Crippen LogP contribution < -0.4 is 0 Å². The second kappa shape index (κ2) is 5.85. The van der Waals surface area contributed by atoms with Gasteiger partial charge in [-0.1, -0.05) is 28.1 Å². The molecule has 0 amide bonds. The number of ketones is 1. The summed E-state index contributed by atoms with van der Waals surface area (Å²) in [6, 6.07) is 9.44. The molecule has 0 atom stereocenters. The molecule has 2 rings (SSSR count). The molecule has 0 aliphatic heterocycles. The molecule has 20 heavy (non-hydrogen) atoms. The first-order chi connectivity index (χ1) is 9.29. The predicted octanol–water partition coefficient (Wildman–Crippen LogP) is 5.30. The summed E-state index contributed by atoms with van der Waals surface area (Å²) in [7, 11) is 0. The van der Waals surface area contributed by atoms with Gasteiger partial charge in [0.1, 0.15) is 0 Å². The van der Waals surface area contributed by atoms with Crippen molar-refractivity contribution in [1.82, 2.24) is 0 Å². The van der Waals surface area contributed by atoms with Crippen LogP contribution in [0.1, 0.15) is 21.5 Å². The lowest BCUT2D eigenvalue weighted by molar-refractivity contribution is -0.137. The zero-order chi connectivity index (χ0) is 14.9. The van der Waals surface area contributed by atoms with E-state index in [0.29, 0.717) is 5.56 Å². The SMILES string of the molecule is O=C(c1ccc(C(F)(F)F)cc1)c1cc(Br)ccc1I. The van der Waals surface area contributed by atoms with Gasteiger partial charge in [0.2, 0.25) is 0 Å². The van der Waals surface area contributed by atoms with E-state index in [1.54, 1.807) is 18.2 Å².